The maximum Gasteiger partial charge on any atom is 0.407 e. The zero-order chi connectivity index (χ0) is 24.8. The van der Waals surface area contributed by atoms with Gasteiger partial charge in [-0.2, -0.15) is 0 Å². The van der Waals surface area contributed by atoms with Crippen LogP contribution in [0.5, 0.6) is 0 Å². The summed E-state index contributed by atoms with van der Waals surface area (Å²) < 4.78 is 10.5. The van der Waals surface area contributed by atoms with Gasteiger partial charge in [-0.25, -0.2) is 9.59 Å². The van der Waals surface area contributed by atoms with Crippen LogP contribution in [0, 0.1) is 5.92 Å². The summed E-state index contributed by atoms with van der Waals surface area (Å²) in [6, 6.07) is 16.2. The predicted octanol–water partition coefficient (Wildman–Crippen LogP) is 3.69. The number of benzene rings is 2. The van der Waals surface area contributed by atoms with Crippen LogP contribution in [0.3, 0.4) is 0 Å². The van der Waals surface area contributed by atoms with Gasteiger partial charge in [0.1, 0.15) is 6.61 Å². The van der Waals surface area contributed by atoms with E-state index in [4.69, 9.17) is 14.6 Å². The van der Waals surface area contributed by atoms with Gasteiger partial charge in [0.2, 0.25) is 5.91 Å². The zero-order valence-electron chi connectivity index (χ0n) is 19.9. The average molecular weight is 481 g/mol. The first-order valence-electron chi connectivity index (χ1n) is 12.1. The number of carboxylic acid groups (broad SMARTS) is 1. The van der Waals surface area contributed by atoms with Gasteiger partial charge >= 0.3 is 12.1 Å². The number of fused-ring (bicyclic) bond motifs is 3. The van der Waals surface area contributed by atoms with Gasteiger partial charge in [0.15, 0.2) is 6.10 Å². The van der Waals surface area contributed by atoms with E-state index in [2.05, 4.69) is 34.9 Å². The van der Waals surface area contributed by atoms with Gasteiger partial charge in [0.25, 0.3) is 0 Å². The molecule has 186 valence electrons. The monoisotopic (exact) mass is 480 g/mol. The number of rotatable bonds is 9. The van der Waals surface area contributed by atoms with Crippen molar-refractivity contribution in [3.8, 4) is 11.1 Å². The summed E-state index contributed by atoms with van der Waals surface area (Å²) in [5.41, 5.74) is 4.66. The van der Waals surface area contributed by atoms with Gasteiger partial charge < -0.3 is 25.2 Å². The lowest BCUT2D eigenvalue weighted by Gasteiger charge is -2.31. The van der Waals surface area contributed by atoms with E-state index >= 15 is 0 Å². The summed E-state index contributed by atoms with van der Waals surface area (Å²) in [7, 11) is 1.29. The van der Waals surface area contributed by atoms with E-state index in [1.165, 1.54) is 18.2 Å². The van der Waals surface area contributed by atoms with Crippen molar-refractivity contribution in [3.05, 3.63) is 59.7 Å². The Morgan fingerprint density at radius 1 is 1.00 bits per heavy atom. The van der Waals surface area contributed by atoms with Gasteiger partial charge in [-0.3, -0.25) is 4.79 Å². The van der Waals surface area contributed by atoms with E-state index in [0.717, 1.165) is 36.8 Å². The normalized spacial score (nSPS) is 19.8. The third-order valence-corrected chi connectivity index (χ3v) is 7.05. The highest BCUT2D eigenvalue weighted by atomic mass is 16.5. The number of carbonyl (C=O) groups is 3. The van der Waals surface area contributed by atoms with Crippen molar-refractivity contribution in [1.29, 1.82) is 0 Å². The van der Waals surface area contributed by atoms with Crippen LogP contribution >= 0.6 is 0 Å². The molecule has 0 saturated heterocycles. The Bertz CT molecular complexity index is 1030. The number of carboxylic acids is 1. The SMILES string of the molecule is COC(CNC(=O)C[C@H]1CCCC[C@H]1NC(=O)OCC1c2ccccc2-c2ccccc21)C(=O)O. The summed E-state index contributed by atoms with van der Waals surface area (Å²) in [4.78, 5) is 36.2. The van der Waals surface area contributed by atoms with Gasteiger partial charge in [-0.05, 0) is 41.0 Å². The number of hydrogen-bond donors (Lipinski definition) is 3. The van der Waals surface area contributed by atoms with Gasteiger partial charge in [-0.15, -0.1) is 0 Å². The first kappa shape index (κ1) is 24.7. The second kappa shape index (κ2) is 11.4. The highest BCUT2D eigenvalue weighted by Gasteiger charge is 2.31. The molecule has 0 radical (unpaired) electrons. The Balaban J connectivity index is 1.32. The summed E-state index contributed by atoms with van der Waals surface area (Å²) >= 11 is 0. The molecule has 0 bridgehead atoms. The molecule has 1 unspecified atom stereocenters. The third kappa shape index (κ3) is 5.82. The van der Waals surface area contributed by atoms with E-state index in [9.17, 15) is 14.4 Å². The number of nitrogens with one attached hydrogen (secondary N) is 2. The van der Waals surface area contributed by atoms with Crippen LogP contribution in [-0.4, -0.2) is 55.5 Å². The molecule has 2 amide bonds. The number of aliphatic carboxylic acids is 1. The molecule has 8 heteroatoms. The Morgan fingerprint density at radius 2 is 1.63 bits per heavy atom. The van der Waals surface area contributed by atoms with Crippen LogP contribution in [0.1, 0.15) is 49.1 Å². The number of ether oxygens (including phenoxy) is 2. The molecule has 3 atom stereocenters. The van der Waals surface area contributed by atoms with E-state index < -0.39 is 18.2 Å². The number of amides is 2. The Morgan fingerprint density at radius 3 is 2.26 bits per heavy atom. The summed E-state index contributed by atoms with van der Waals surface area (Å²) in [6.45, 7) is 0.146. The third-order valence-electron chi connectivity index (χ3n) is 7.05. The molecule has 2 aliphatic rings. The molecular formula is C27H32N2O6. The molecule has 0 heterocycles. The fourth-order valence-electron chi connectivity index (χ4n) is 5.22. The summed E-state index contributed by atoms with van der Waals surface area (Å²) in [5.74, 6) is -1.42. The van der Waals surface area contributed by atoms with Crippen molar-refractivity contribution in [1.82, 2.24) is 10.6 Å². The van der Waals surface area contributed by atoms with Crippen LogP contribution in [0.15, 0.2) is 48.5 Å². The van der Waals surface area contributed by atoms with Crippen LogP contribution < -0.4 is 10.6 Å². The van der Waals surface area contributed by atoms with Crippen molar-refractivity contribution in [2.75, 3.05) is 20.3 Å². The molecule has 2 aromatic carbocycles. The van der Waals surface area contributed by atoms with E-state index in [1.807, 2.05) is 24.3 Å². The molecule has 0 aliphatic heterocycles. The lowest BCUT2D eigenvalue weighted by atomic mass is 9.82. The zero-order valence-corrected chi connectivity index (χ0v) is 19.9. The maximum absolute atomic E-state index is 12.7. The van der Waals surface area contributed by atoms with Crippen molar-refractivity contribution in [3.63, 3.8) is 0 Å². The van der Waals surface area contributed by atoms with Gasteiger partial charge in [0, 0.05) is 25.5 Å². The smallest absolute Gasteiger partial charge is 0.407 e. The van der Waals surface area contributed by atoms with Gasteiger partial charge in [-0.1, -0.05) is 61.4 Å². The topological polar surface area (TPSA) is 114 Å². The quantitative estimate of drug-likeness (QED) is 0.504. The second-order valence-corrected chi connectivity index (χ2v) is 9.19. The largest absolute Gasteiger partial charge is 0.479 e. The minimum absolute atomic E-state index is 0.0101. The maximum atomic E-state index is 12.7. The molecule has 2 aliphatic carbocycles. The second-order valence-electron chi connectivity index (χ2n) is 9.19. The molecule has 35 heavy (non-hydrogen) atoms. The lowest BCUT2D eigenvalue weighted by molar-refractivity contribution is -0.148. The fourth-order valence-corrected chi connectivity index (χ4v) is 5.22. The first-order valence-corrected chi connectivity index (χ1v) is 12.1. The van der Waals surface area contributed by atoms with E-state index in [0.29, 0.717) is 0 Å². The minimum atomic E-state index is -1.12. The highest BCUT2D eigenvalue weighted by molar-refractivity contribution is 5.79. The predicted molar refractivity (Wildman–Crippen MR) is 130 cm³/mol. The van der Waals surface area contributed by atoms with E-state index in [-0.39, 0.29) is 43.4 Å². The molecule has 0 spiro atoms. The van der Waals surface area contributed by atoms with Crippen LogP contribution in [0.4, 0.5) is 4.79 Å². The van der Waals surface area contributed by atoms with Crippen molar-refractivity contribution < 1.29 is 29.0 Å². The Labute approximate surface area is 205 Å². The van der Waals surface area contributed by atoms with Crippen LogP contribution in [0.2, 0.25) is 0 Å². The first-order chi connectivity index (χ1) is 17.0. The highest BCUT2D eigenvalue weighted by Crippen LogP contribution is 2.44. The molecule has 2 aromatic rings. The Kier molecular flexibility index (Phi) is 8.02. The van der Waals surface area contributed by atoms with Crippen LogP contribution in [-0.2, 0) is 19.1 Å². The average Bonchev–Trinajstić information content (AvgIpc) is 3.18. The van der Waals surface area contributed by atoms with E-state index in [1.54, 1.807) is 0 Å². The standard InChI is InChI=1S/C27H32N2O6/c1-34-24(26(31)32)15-28-25(30)14-17-8-2-7-13-23(17)29-27(33)35-16-22-20-11-5-3-9-18(20)19-10-4-6-12-21(19)22/h3-6,9-12,17,22-24H,2,7-8,13-16H2,1H3,(H,28,30)(H,29,33)(H,31,32)/t17-,23-,24?/m1/s1. The molecule has 3 N–H and O–H groups in total. The number of alkyl carbamates (subject to hydrolysis) is 1. The number of carbonyl (C=O) groups excluding carboxylic acids is 2. The number of hydrogen-bond acceptors (Lipinski definition) is 5. The summed E-state index contributed by atoms with van der Waals surface area (Å²) in [6.07, 6.45) is 2.19. The molecule has 1 saturated carbocycles. The molecule has 1 fully saturated rings. The van der Waals surface area contributed by atoms with Gasteiger partial charge in [0.05, 0.1) is 6.54 Å². The fraction of sp³-hybridized carbons (Fsp3) is 0.444. The Hall–Kier alpha value is -3.39. The van der Waals surface area contributed by atoms with Crippen molar-refractivity contribution >= 4 is 18.0 Å². The minimum Gasteiger partial charge on any atom is -0.479 e. The van der Waals surface area contributed by atoms with Crippen molar-refractivity contribution in [2.24, 2.45) is 5.92 Å². The lowest BCUT2D eigenvalue weighted by Crippen LogP contribution is -2.45. The number of methoxy groups -OCH3 is 1. The van der Waals surface area contributed by atoms with Crippen LogP contribution in [0.25, 0.3) is 11.1 Å². The van der Waals surface area contributed by atoms with Crippen molar-refractivity contribution in [2.45, 2.75) is 50.2 Å². The molecule has 0 aromatic heterocycles. The molecule has 8 nitrogen and oxygen atoms in total. The molecule has 4 rings (SSSR count). The molecular weight excluding hydrogens is 448 g/mol. The summed E-state index contributed by atoms with van der Waals surface area (Å²) in [5, 5.41) is 14.7.